The molecule has 0 saturated heterocycles. The fourth-order valence-corrected chi connectivity index (χ4v) is 15.9. The molecule has 4 aromatic carbocycles. The number of nitrogens with zero attached hydrogens (tertiary/aromatic N) is 5. The minimum Gasteiger partial charge on any atom is -0.480 e. The number of amides is 7. The number of ether oxygens (including phenoxy) is 2. The van der Waals surface area contributed by atoms with E-state index in [1.807, 2.05) is 30.3 Å². The maximum Gasteiger partial charge on any atom is 0.524 e. The highest BCUT2D eigenvalue weighted by atomic mass is 35.5. The molecule has 4 unspecified atom stereocenters. The van der Waals surface area contributed by atoms with Crippen LogP contribution in [0, 0.1) is 16.2 Å². The molecule has 0 aromatic heterocycles. The maximum atomic E-state index is 15.1. The first-order valence-electron chi connectivity index (χ1n) is 26.8. The molecular formula is C56H61Cl2N6O15PS2. The van der Waals surface area contributed by atoms with Crippen molar-refractivity contribution in [2.45, 2.75) is 75.0 Å². The molecule has 4 aromatic rings. The lowest BCUT2D eigenvalue weighted by molar-refractivity contribution is -0.141. The molecule has 82 heavy (non-hydrogen) atoms. The molecular weight excluding hydrogens is 1160 g/mol. The van der Waals surface area contributed by atoms with E-state index in [4.69, 9.17) is 37.2 Å². The Morgan fingerprint density at radius 2 is 1.29 bits per heavy atom. The van der Waals surface area contributed by atoms with Gasteiger partial charge < -0.3 is 44.0 Å². The van der Waals surface area contributed by atoms with Gasteiger partial charge in [0.05, 0.1) is 22.2 Å². The summed E-state index contributed by atoms with van der Waals surface area (Å²) in [6, 6.07) is 16.5. The quantitative estimate of drug-likeness (QED) is 0.0170. The van der Waals surface area contributed by atoms with Gasteiger partial charge in [0.15, 0.2) is 0 Å². The number of anilines is 2. The highest BCUT2D eigenvalue weighted by molar-refractivity contribution is 8.77. The number of fused-ring (bicyclic) bond motifs is 6. The molecule has 26 heteroatoms. The van der Waals surface area contributed by atoms with Crippen LogP contribution >= 0.6 is 52.6 Å². The van der Waals surface area contributed by atoms with E-state index < -0.39 is 54.2 Å². The van der Waals surface area contributed by atoms with Crippen LogP contribution in [0.5, 0.6) is 11.5 Å². The van der Waals surface area contributed by atoms with E-state index in [1.54, 1.807) is 41.0 Å². The van der Waals surface area contributed by atoms with Crippen LogP contribution in [-0.2, 0) is 38.1 Å². The van der Waals surface area contributed by atoms with Gasteiger partial charge in [-0.3, -0.25) is 38.7 Å². The first-order valence-corrected chi connectivity index (χ1v) is 31.8. The zero-order valence-corrected chi connectivity index (χ0v) is 49.1. The lowest BCUT2D eigenvalue weighted by Gasteiger charge is -2.37. The van der Waals surface area contributed by atoms with E-state index >= 15 is 4.79 Å². The van der Waals surface area contributed by atoms with Gasteiger partial charge in [0.2, 0.25) is 17.7 Å². The molecule has 6 aliphatic rings. The SMILES string of the molecule is C[C@H](COC(=O)N(C)CCN(C)C(=O)Oc1cc2c(c3ccccc13)[C@H](CCl)CN2C(=O)C12CC3(C(=O)N4CC(CCl)c5c4cc(OP(=O)(O)O)c4ccccc54)CC31C2)SSC[C@H](NC(=O)CCCCCN1C(=O)C=CC1=O)C(=O)O. The van der Waals surface area contributed by atoms with Crippen molar-refractivity contribution in [1.82, 2.24) is 20.0 Å². The van der Waals surface area contributed by atoms with Crippen LogP contribution in [0.25, 0.3) is 21.5 Å². The highest BCUT2D eigenvalue weighted by Gasteiger charge is 3.01. The number of halogens is 2. The second-order valence-corrected chi connectivity index (χ2v) is 26.6. The van der Waals surface area contributed by atoms with Gasteiger partial charge in [-0.2, -0.15) is 0 Å². The van der Waals surface area contributed by atoms with Gasteiger partial charge in [-0.15, -0.1) is 23.2 Å². The topological polar surface area (TPSA) is 270 Å². The molecule has 3 aliphatic heterocycles. The number of benzene rings is 4. The Hall–Kier alpha value is -6.07. The van der Waals surface area contributed by atoms with E-state index in [0.717, 1.165) is 21.4 Å². The minimum absolute atomic E-state index is 0.00628. The van der Waals surface area contributed by atoms with E-state index in [1.165, 1.54) is 63.7 Å². The molecule has 4 N–H and O–H groups in total. The summed E-state index contributed by atoms with van der Waals surface area (Å²) in [6.07, 6.45) is 4.04. The lowest BCUT2D eigenvalue weighted by atomic mass is 9.72. The number of nitrogens with one attached hydrogen (secondary N) is 1. The normalized spacial score (nSPS) is 23.3. The fraction of sp³-hybridized carbons (Fsp3) is 0.464. The van der Waals surface area contributed by atoms with Gasteiger partial charge in [-0.25, -0.2) is 18.9 Å². The minimum atomic E-state index is -4.97. The molecule has 10 rings (SSSR count). The monoisotopic (exact) mass is 1220 g/mol. The summed E-state index contributed by atoms with van der Waals surface area (Å²) in [5.74, 6) is -2.52. The predicted octanol–water partition coefficient (Wildman–Crippen LogP) is 8.00. The number of carbonyl (C=O) groups excluding carboxylic acids is 7. The Kier molecular flexibility index (Phi) is 16.7. The van der Waals surface area contributed by atoms with Crippen LogP contribution in [0.3, 0.4) is 0 Å². The van der Waals surface area contributed by atoms with Crippen molar-refractivity contribution in [2.24, 2.45) is 16.2 Å². The predicted molar refractivity (Wildman–Crippen MR) is 309 cm³/mol. The second-order valence-electron chi connectivity index (χ2n) is 22.0. The molecule has 3 aliphatic carbocycles. The van der Waals surface area contributed by atoms with Crippen LogP contribution in [-0.4, -0.2) is 160 Å². The number of imide groups is 1. The van der Waals surface area contributed by atoms with Gasteiger partial charge in [-0.1, -0.05) is 76.5 Å². The Morgan fingerprint density at radius 3 is 1.82 bits per heavy atom. The van der Waals surface area contributed by atoms with Crippen molar-refractivity contribution in [1.29, 1.82) is 0 Å². The summed E-state index contributed by atoms with van der Waals surface area (Å²) in [7, 11) is 0.584. The molecule has 3 fully saturated rings. The molecule has 3 saturated carbocycles. The average molecular weight is 1220 g/mol. The number of carboxylic acid groups (broad SMARTS) is 1. The summed E-state index contributed by atoms with van der Waals surface area (Å²) in [6.45, 7) is 2.73. The van der Waals surface area contributed by atoms with E-state index in [-0.39, 0.29) is 115 Å². The summed E-state index contributed by atoms with van der Waals surface area (Å²) in [5.41, 5.74) is 0.543. The Morgan fingerprint density at radius 1 is 0.768 bits per heavy atom. The van der Waals surface area contributed by atoms with Crippen molar-refractivity contribution < 1.29 is 71.8 Å². The number of aliphatic carboxylic acids is 1. The number of alkyl halides is 2. The molecule has 3 heterocycles. The fourth-order valence-electron chi connectivity index (χ4n) is 12.7. The molecule has 7 amide bonds. The number of hydrogen-bond acceptors (Lipinski definition) is 14. The Bertz CT molecular complexity index is 3390. The number of likely N-dealkylation sites (N-methyl/N-ethyl adjacent to an activating group) is 2. The summed E-state index contributed by atoms with van der Waals surface area (Å²) >= 11 is 13.2. The Labute approximate surface area is 489 Å². The largest absolute Gasteiger partial charge is 0.524 e. The number of hydrogen-bond donors (Lipinski definition) is 4. The smallest absolute Gasteiger partial charge is 0.480 e. The number of unbranched alkanes of at least 4 members (excludes halogenated alkanes) is 2. The van der Waals surface area contributed by atoms with E-state index in [9.17, 15) is 53.0 Å². The average Bonchev–Trinajstić information content (AvgIpc) is 1.47. The van der Waals surface area contributed by atoms with Crippen molar-refractivity contribution in [2.75, 3.05) is 80.7 Å². The van der Waals surface area contributed by atoms with Gasteiger partial charge in [0.25, 0.3) is 11.8 Å². The van der Waals surface area contributed by atoms with E-state index in [0.29, 0.717) is 66.1 Å². The first kappa shape index (κ1) is 59.1. The van der Waals surface area contributed by atoms with Crippen LogP contribution in [0.4, 0.5) is 21.0 Å². The second kappa shape index (κ2) is 23.2. The van der Waals surface area contributed by atoms with Crippen molar-refractivity contribution >= 4 is 133 Å². The van der Waals surface area contributed by atoms with Crippen LogP contribution in [0.2, 0.25) is 0 Å². The number of phosphoric acid groups is 1. The number of carbonyl (C=O) groups is 8. The van der Waals surface area contributed by atoms with Crippen molar-refractivity contribution in [3.63, 3.8) is 0 Å². The molecule has 7 atom stereocenters. The van der Waals surface area contributed by atoms with Gasteiger partial charge in [-0.05, 0) is 60.9 Å². The number of rotatable bonds is 24. The maximum absolute atomic E-state index is 15.1. The van der Waals surface area contributed by atoms with Gasteiger partial charge in [0, 0.05) is 128 Å². The third kappa shape index (κ3) is 10.9. The van der Waals surface area contributed by atoms with Crippen LogP contribution in [0.1, 0.15) is 74.8 Å². The van der Waals surface area contributed by atoms with Crippen molar-refractivity contribution in [3.05, 3.63) is 83.9 Å². The third-order valence-electron chi connectivity index (χ3n) is 16.9. The summed E-state index contributed by atoms with van der Waals surface area (Å²) in [5, 5.41) is 14.6. The molecule has 0 bridgehead atoms. The zero-order valence-electron chi connectivity index (χ0n) is 45.0. The lowest BCUT2D eigenvalue weighted by Crippen LogP contribution is -2.49. The van der Waals surface area contributed by atoms with Gasteiger partial charge >= 0.3 is 26.0 Å². The molecule has 436 valence electrons. The summed E-state index contributed by atoms with van der Waals surface area (Å²) in [4.78, 5) is 131. The highest BCUT2D eigenvalue weighted by Crippen LogP contribution is 3.01. The van der Waals surface area contributed by atoms with Crippen LogP contribution in [0.15, 0.2) is 72.8 Å². The molecule has 0 radical (unpaired) electrons. The van der Waals surface area contributed by atoms with Crippen LogP contribution < -0.4 is 24.4 Å². The Balaban J connectivity index is 0.718. The van der Waals surface area contributed by atoms with E-state index in [2.05, 4.69) is 5.32 Å². The molecule has 21 nitrogen and oxygen atoms in total. The number of carboxylic acids is 1. The van der Waals surface area contributed by atoms with Gasteiger partial charge in [0.1, 0.15) is 24.1 Å². The first-order chi connectivity index (χ1) is 39.1. The third-order valence-corrected chi connectivity index (χ3v) is 20.9. The standard InChI is InChI=1S/C56H61Cl2N6O15PS2/c1-32(82-81-28-39(49(68)69)59-44(65)15-5-4-10-18-62-45(66)16-17-46(62)67)27-77-52(72)60(2)19-20-61(3)53(73)78-42-21-40-47(37-13-8-6-11-35(37)42)33(23-57)25-63(40)50(70)54-29-55(31-56(54,55)30-54)51(71)64-26-34(24-58)48-38-14-9-7-12-36(38)43(22-41(48)64)79-80(74,75)76/h6-9,11-14,16-17,21-22,32-34,39H,4-5,10,15,18-20,23-31H2,1-3H3,(H,59,65)(H,68,69)(H2,74,75,76)/t32-,33-,34?,39+,54?,55?,56?/m1/s1. The van der Waals surface area contributed by atoms with Crippen molar-refractivity contribution in [3.8, 4) is 11.5 Å². The zero-order chi connectivity index (χ0) is 58.6. The summed E-state index contributed by atoms with van der Waals surface area (Å²) < 4.78 is 28.8. The molecule has 1 spiro atoms. The number of phosphoric ester groups is 1.